The zero-order valence-electron chi connectivity index (χ0n) is 13.9. The molecule has 2 amide bonds. The first-order chi connectivity index (χ1) is 11.7. The summed E-state index contributed by atoms with van der Waals surface area (Å²) in [4.78, 5) is 27.0. The van der Waals surface area contributed by atoms with Gasteiger partial charge in [-0.25, -0.2) is 0 Å². The largest absolute Gasteiger partial charge is 0.337 e. The van der Waals surface area contributed by atoms with Gasteiger partial charge >= 0.3 is 0 Å². The Hall–Kier alpha value is -1.53. The van der Waals surface area contributed by atoms with E-state index >= 15 is 0 Å². The van der Waals surface area contributed by atoms with Crippen LogP contribution < -0.4 is 11.1 Å². The van der Waals surface area contributed by atoms with E-state index in [2.05, 4.69) is 5.32 Å². The van der Waals surface area contributed by atoms with Gasteiger partial charge in [0.05, 0.1) is 0 Å². The summed E-state index contributed by atoms with van der Waals surface area (Å²) in [6.45, 7) is 2.14. The number of thioether (sulfide) groups is 1. The number of nitrogens with two attached hydrogens (primary N) is 1. The Labute approximate surface area is 147 Å². The van der Waals surface area contributed by atoms with E-state index in [1.807, 2.05) is 34.9 Å². The zero-order valence-corrected chi connectivity index (χ0v) is 14.7. The van der Waals surface area contributed by atoms with Gasteiger partial charge in [0.15, 0.2) is 0 Å². The molecule has 0 bridgehead atoms. The van der Waals surface area contributed by atoms with Crippen LogP contribution in [0.5, 0.6) is 0 Å². The van der Waals surface area contributed by atoms with Crippen molar-refractivity contribution in [3.8, 4) is 0 Å². The van der Waals surface area contributed by atoms with Crippen molar-refractivity contribution in [1.29, 1.82) is 0 Å². The van der Waals surface area contributed by atoms with Crippen molar-refractivity contribution < 1.29 is 9.59 Å². The van der Waals surface area contributed by atoms with Crippen molar-refractivity contribution in [3.63, 3.8) is 0 Å². The van der Waals surface area contributed by atoms with Crippen molar-refractivity contribution in [2.45, 2.75) is 19.3 Å². The summed E-state index contributed by atoms with van der Waals surface area (Å²) < 4.78 is 0. The molecule has 1 heterocycles. The molecule has 1 aliphatic heterocycles. The van der Waals surface area contributed by atoms with Crippen molar-refractivity contribution in [1.82, 2.24) is 4.90 Å². The lowest BCUT2D eigenvalue weighted by Crippen LogP contribution is -2.37. The normalized spacial score (nSPS) is 24.0. The van der Waals surface area contributed by atoms with E-state index in [4.69, 9.17) is 5.73 Å². The fraction of sp³-hybridized carbons (Fsp3) is 0.556. The zero-order chi connectivity index (χ0) is 16.9. The summed E-state index contributed by atoms with van der Waals surface area (Å²) in [7, 11) is 0. The van der Waals surface area contributed by atoms with Gasteiger partial charge in [-0.15, -0.1) is 0 Å². The smallest absolute Gasteiger partial charge is 0.253 e. The number of hydrogen-bond acceptors (Lipinski definition) is 4. The number of benzene rings is 1. The predicted molar refractivity (Wildman–Crippen MR) is 98.2 cm³/mol. The maximum absolute atomic E-state index is 12.6. The second kappa shape index (κ2) is 8.03. The van der Waals surface area contributed by atoms with Gasteiger partial charge in [0.25, 0.3) is 5.91 Å². The summed E-state index contributed by atoms with van der Waals surface area (Å²) in [5.41, 5.74) is 7.10. The van der Waals surface area contributed by atoms with Crippen molar-refractivity contribution in [3.05, 3.63) is 29.8 Å². The number of rotatable bonds is 4. The minimum atomic E-state index is -0.00604. The molecule has 24 heavy (non-hydrogen) atoms. The van der Waals surface area contributed by atoms with Gasteiger partial charge in [0.2, 0.25) is 5.91 Å². The van der Waals surface area contributed by atoms with Crippen molar-refractivity contribution in [2.24, 2.45) is 17.6 Å². The molecule has 2 fully saturated rings. The average Bonchev–Trinajstić information content (AvgIpc) is 3.11. The summed E-state index contributed by atoms with van der Waals surface area (Å²) in [6, 6.07) is 7.27. The molecule has 3 rings (SSSR count). The lowest BCUT2D eigenvalue weighted by atomic mass is 9.95. The molecule has 6 heteroatoms. The Morgan fingerprint density at radius 3 is 2.79 bits per heavy atom. The van der Waals surface area contributed by atoms with Gasteiger partial charge in [-0.3, -0.25) is 9.59 Å². The second-order valence-electron chi connectivity index (χ2n) is 6.51. The third-order valence-corrected chi connectivity index (χ3v) is 5.92. The molecule has 0 aromatic heterocycles. The molecular formula is C18H25N3O2S. The minimum absolute atomic E-state index is 0.00604. The van der Waals surface area contributed by atoms with Crippen molar-refractivity contribution >= 4 is 29.3 Å². The highest BCUT2D eigenvalue weighted by atomic mass is 32.2. The topological polar surface area (TPSA) is 75.4 Å². The van der Waals surface area contributed by atoms with Crippen LogP contribution in [-0.4, -0.2) is 47.9 Å². The lowest BCUT2D eigenvalue weighted by molar-refractivity contribution is -0.120. The first kappa shape index (κ1) is 17.3. The third-order valence-electron chi connectivity index (χ3n) is 4.97. The molecule has 0 spiro atoms. The van der Waals surface area contributed by atoms with Gasteiger partial charge in [-0.1, -0.05) is 12.5 Å². The van der Waals surface area contributed by atoms with Crippen LogP contribution in [0.15, 0.2) is 24.3 Å². The molecule has 2 aliphatic rings. The van der Waals surface area contributed by atoms with E-state index in [1.54, 1.807) is 6.07 Å². The fourth-order valence-electron chi connectivity index (χ4n) is 3.58. The molecule has 3 N–H and O–H groups in total. The Morgan fingerprint density at radius 1 is 1.25 bits per heavy atom. The van der Waals surface area contributed by atoms with E-state index in [9.17, 15) is 9.59 Å². The van der Waals surface area contributed by atoms with E-state index in [1.165, 1.54) is 0 Å². The molecule has 1 saturated carbocycles. The van der Waals surface area contributed by atoms with Gasteiger partial charge in [0, 0.05) is 41.8 Å². The third kappa shape index (κ3) is 3.92. The van der Waals surface area contributed by atoms with Gasteiger partial charge in [-0.05, 0) is 43.5 Å². The molecule has 1 aromatic rings. The van der Waals surface area contributed by atoms with Crippen LogP contribution in [0.4, 0.5) is 5.69 Å². The van der Waals surface area contributed by atoms with E-state index in [0.717, 1.165) is 43.9 Å². The number of carbonyl (C=O) groups is 2. The summed E-state index contributed by atoms with van der Waals surface area (Å²) >= 11 is 1.88. The van der Waals surface area contributed by atoms with Gasteiger partial charge < -0.3 is 16.0 Å². The highest BCUT2D eigenvalue weighted by Gasteiger charge is 2.32. The molecular weight excluding hydrogens is 322 g/mol. The number of nitrogens with zero attached hydrogens (tertiary/aromatic N) is 1. The predicted octanol–water partition coefficient (Wildman–Crippen LogP) is 2.19. The minimum Gasteiger partial charge on any atom is -0.337 e. The fourth-order valence-corrected chi connectivity index (χ4v) is 4.48. The molecule has 2 atom stereocenters. The number of carbonyl (C=O) groups excluding carboxylic acids is 2. The van der Waals surface area contributed by atoms with Crippen LogP contribution in [0, 0.1) is 11.8 Å². The van der Waals surface area contributed by atoms with E-state index in [0.29, 0.717) is 17.8 Å². The first-order valence-electron chi connectivity index (χ1n) is 8.67. The molecule has 1 aromatic carbocycles. The van der Waals surface area contributed by atoms with E-state index in [-0.39, 0.29) is 23.7 Å². The molecule has 5 nitrogen and oxygen atoms in total. The number of hydrogen-bond donors (Lipinski definition) is 2. The van der Waals surface area contributed by atoms with Crippen LogP contribution in [0.2, 0.25) is 0 Å². The molecule has 0 radical (unpaired) electrons. The Bertz CT molecular complexity index is 602. The van der Waals surface area contributed by atoms with Crippen molar-refractivity contribution in [2.75, 3.05) is 36.5 Å². The quantitative estimate of drug-likeness (QED) is 0.875. The molecule has 1 saturated heterocycles. The maximum Gasteiger partial charge on any atom is 0.253 e. The summed E-state index contributed by atoms with van der Waals surface area (Å²) in [5, 5.41) is 2.98. The van der Waals surface area contributed by atoms with Crippen LogP contribution in [-0.2, 0) is 4.79 Å². The number of amides is 2. The Kier molecular flexibility index (Phi) is 5.79. The van der Waals surface area contributed by atoms with Crippen LogP contribution >= 0.6 is 11.8 Å². The highest BCUT2D eigenvalue weighted by Crippen LogP contribution is 2.32. The van der Waals surface area contributed by atoms with Crippen LogP contribution in [0.25, 0.3) is 0 Å². The van der Waals surface area contributed by atoms with Crippen LogP contribution in [0.1, 0.15) is 29.6 Å². The molecule has 1 aliphatic carbocycles. The SMILES string of the molecule is NC[C@H]1CCC[C@H]1C(=O)Nc1cccc(C(=O)N2CCSCC2)c1. The monoisotopic (exact) mass is 347 g/mol. The lowest BCUT2D eigenvalue weighted by Gasteiger charge is -2.26. The number of anilines is 1. The van der Waals surface area contributed by atoms with Gasteiger partial charge in [0.1, 0.15) is 0 Å². The van der Waals surface area contributed by atoms with E-state index < -0.39 is 0 Å². The maximum atomic E-state index is 12.6. The summed E-state index contributed by atoms with van der Waals surface area (Å²) in [5.74, 6) is 2.33. The number of nitrogens with one attached hydrogen (secondary N) is 1. The average molecular weight is 347 g/mol. The first-order valence-corrected chi connectivity index (χ1v) is 9.82. The molecule has 0 unspecified atom stereocenters. The van der Waals surface area contributed by atoms with Gasteiger partial charge in [-0.2, -0.15) is 11.8 Å². The standard InChI is InChI=1S/C18H25N3O2S/c19-12-14-4-2-6-16(14)17(22)20-15-5-1-3-13(11-15)18(23)21-7-9-24-10-8-21/h1,3,5,11,14,16H,2,4,6-10,12,19H2,(H,20,22)/t14-,16-/m1/s1. The Morgan fingerprint density at radius 2 is 2.04 bits per heavy atom. The van der Waals surface area contributed by atoms with Crippen LogP contribution in [0.3, 0.4) is 0 Å². The Balaban J connectivity index is 1.66. The molecule has 130 valence electrons. The second-order valence-corrected chi connectivity index (χ2v) is 7.73. The highest BCUT2D eigenvalue weighted by molar-refractivity contribution is 7.99. The summed E-state index contributed by atoms with van der Waals surface area (Å²) in [6.07, 6.45) is 2.99.